The summed E-state index contributed by atoms with van der Waals surface area (Å²) in [5.74, 6) is 0.342. The van der Waals surface area contributed by atoms with E-state index in [4.69, 9.17) is 21.1 Å². The standard InChI is InChI=1S/C18H18ClN3O3/c1-3-18(23)22-4-5-25-10-16(22)13-6-12(7-14(19)8-13)15-9-17(24-2)21-11-20-15/h3,6-9,11,16H,1,4-5,10H2,2H3/t16-/m0/s1. The SMILES string of the molecule is C=CC(=O)N1CCOC[C@H]1c1cc(Cl)cc(-c2cc(OC)ncn2)c1. The van der Waals surface area contributed by atoms with Crippen molar-refractivity contribution < 1.29 is 14.3 Å². The highest BCUT2D eigenvalue weighted by Crippen LogP contribution is 2.31. The molecule has 0 aliphatic carbocycles. The van der Waals surface area contributed by atoms with E-state index in [0.29, 0.717) is 36.4 Å². The second-order valence-corrected chi connectivity index (χ2v) is 5.98. The van der Waals surface area contributed by atoms with Gasteiger partial charge in [-0.1, -0.05) is 18.2 Å². The van der Waals surface area contributed by atoms with Crippen LogP contribution in [0.15, 0.2) is 43.2 Å². The summed E-state index contributed by atoms with van der Waals surface area (Å²) in [6.07, 6.45) is 2.76. The van der Waals surface area contributed by atoms with Crippen LogP contribution in [0.3, 0.4) is 0 Å². The maximum atomic E-state index is 12.2. The van der Waals surface area contributed by atoms with Crippen molar-refractivity contribution >= 4 is 17.5 Å². The van der Waals surface area contributed by atoms with Crippen LogP contribution in [0.25, 0.3) is 11.3 Å². The Morgan fingerprint density at radius 3 is 3.00 bits per heavy atom. The number of hydrogen-bond acceptors (Lipinski definition) is 5. The van der Waals surface area contributed by atoms with Crippen LogP contribution in [-0.4, -0.2) is 47.6 Å². The number of nitrogens with zero attached hydrogens (tertiary/aromatic N) is 3. The number of methoxy groups -OCH3 is 1. The number of hydrogen-bond donors (Lipinski definition) is 0. The summed E-state index contributed by atoms with van der Waals surface area (Å²) >= 11 is 6.31. The fraction of sp³-hybridized carbons (Fsp3) is 0.278. The van der Waals surface area contributed by atoms with Crippen LogP contribution in [0, 0.1) is 0 Å². The van der Waals surface area contributed by atoms with Gasteiger partial charge in [0.2, 0.25) is 11.8 Å². The first-order valence-electron chi connectivity index (χ1n) is 7.80. The number of halogens is 1. The third-order valence-electron chi connectivity index (χ3n) is 4.04. The molecule has 1 atom stereocenters. The van der Waals surface area contributed by atoms with Crippen LogP contribution >= 0.6 is 11.6 Å². The minimum Gasteiger partial charge on any atom is -0.481 e. The first-order chi connectivity index (χ1) is 12.1. The van der Waals surface area contributed by atoms with Crippen LogP contribution in [0.1, 0.15) is 11.6 Å². The molecule has 7 heteroatoms. The highest BCUT2D eigenvalue weighted by molar-refractivity contribution is 6.31. The molecule has 130 valence electrons. The van der Waals surface area contributed by atoms with Gasteiger partial charge in [0.15, 0.2) is 0 Å². The van der Waals surface area contributed by atoms with Crippen molar-refractivity contribution in [3.63, 3.8) is 0 Å². The molecular weight excluding hydrogens is 342 g/mol. The van der Waals surface area contributed by atoms with Crippen LogP contribution < -0.4 is 4.74 Å². The van der Waals surface area contributed by atoms with Gasteiger partial charge in [-0.25, -0.2) is 9.97 Å². The molecule has 0 saturated carbocycles. The van der Waals surface area contributed by atoms with E-state index in [1.807, 2.05) is 18.2 Å². The molecule has 0 spiro atoms. The predicted octanol–water partition coefficient (Wildman–Crippen LogP) is 2.89. The molecule has 1 saturated heterocycles. The van der Waals surface area contributed by atoms with E-state index in [1.54, 1.807) is 18.1 Å². The van der Waals surface area contributed by atoms with Gasteiger partial charge in [-0.2, -0.15) is 0 Å². The van der Waals surface area contributed by atoms with Crippen molar-refractivity contribution in [3.8, 4) is 17.1 Å². The van der Waals surface area contributed by atoms with Gasteiger partial charge in [-0.15, -0.1) is 0 Å². The molecule has 0 N–H and O–H groups in total. The zero-order valence-corrected chi connectivity index (χ0v) is 14.6. The highest BCUT2D eigenvalue weighted by atomic mass is 35.5. The van der Waals surface area contributed by atoms with Gasteiger partial charge in [-0.3, -0.25) is 4.79 Å². The molecule has 1 aliphatic rings. The van der Waals surface area contributed by atoms with E-state index in [2.05, 4.69) is 16.5 Å². The first kappa shape index (κ1) is 17.4. The Hall–Kier alpha value is -2.44. The summed E-state index contributed by atoms with van der Waals surface area (Å²) in [7, 11) is 1.55. The number of ether oxygens (including phenoxy) is 2. The topological polar surface area (TPSA) is 64.6 Å². The molecule has 1 aromatic carbocycles. The van der Waals surface area contributed by atoms with Crippen LogP contribution in [-0.2, 0) is 9.53 Å². The average Bonchev–Trinajstić information content (AvgIpc) is 2.67. The Bertz CT molecular complexity index is 797. The quantitative estimate of drug-likeness (QED) is 0.785. The van der Waals surface area contributed by atoms with Gasteiger partial charge in [0.1, 0.15) is 6.33 Å². The Labute approximate surface area is 151 Å². The zero-order valence-electron chi connectivity index (χ0n) is 13.8. The summed E-state index contributed by atoms with van der Waals surface area (Å²) in [6, 6.07) is 7.12. The summed E-state index contributed by atoms with van der Waals surface area (Å²) in [5, 5.41) is 0.557. The molecule has 0 radical (unpaired) electrons. The summed E-state index contributed by atoms with van der Waals surface area (Å²) in [6.45, 7) is 5.01. The third-order valence-corrected chi connectivity index (χ3v) is 4.26. The Morgan fingerprint density at radius 2 is 2.24 bits per heavy atom. The van der Waals surface area contributed by atoms with E-state index >= 15 is 0 Å². The van der Waals surface area contributed by atoms with Crippen molar-refractivity contribution in [2.45, 2.75) is 6.04 Å². The number of benzene rings is 1. The van der Waals surface area contributed by atoms with E-state index < -0.39 is 0 Å². The van der Waals surface area contributed by atoms with Crippen LogP contribution in [0.4, 0.5) is 0 Å². The van der Waals surface area contributed by atoms with Gasteiger partial charge in [0.25, 0.3) is 0 Å². The fourth-order valence-corrected chi connectivity index (χ4v) is 3.07. The number of aromatic nitrogens is 2. The predicted molar refractivity (Wildman–Crippen MR) is 94.5 cm³/mol. The second-order valence-electron chi connectivity index (χ2n) is 5.55. The van der Waals surface area contributed by atoms with Gasteiger partial charge in [-0.05, 0) is 29.8 Å². The second kappa shape index (κ2) is 7.63. The Morgan fingerprint density at radius 1 is 1.40 bits per heavy atom. The molecule has 1 aliphatic heterocycles. The van der Waals surface area contributed by atoms with Crippen molar-refractivity contribution in [1.82, 2.24) is 14.9 Å². The maximum absolute atomic E-state index is 12.2. The van der Waals surface area contributed by atoms with E-state index in [-0.39, 0.29) is 11.9 Å². The largest absolute Gasteiger partial charge is 0.481 e. The van der Waals surface area contributed by atoms with Gasteiger partial charge >= 0.3 is 0 Å². The lowest BCUT2D eigenvalue weighted by Crippen LogP contribution is -2.42. The molecule has 1 amide bonds. The van der Waals surface area contributed by atoms with Crippen molar-refractivity contribution in [2.24, 2.45) is 0 Å². The number of amides is 1. The van der Waals surface area contributed by atoms with E-state index in [1.165, 1.54) is 12.4 Å². The molecule has 3 rings (SSSR count). The van der Waals surface area contributed by atoms with Crippen molar-refractivity contribution in [1.29, 1.82) is 0 Å². The first-order valence-corrected chi connectivity index (χ1v) is 8.18. The molecule has 6 nitrogen and oxygen atoms in total. The summed E-state index contributed by atoms with van der Waals surface area (Å²) in [4.78, 5) is 22.2. The minimum absolute atomic E-state index is 0.126. The lowest BCUT2D eigenvalue weighted by Gasteiger charge is -2.35. The average molecular weight is 360 g/mol. The molecule has 25 heavy (non-hydrogen) atoms. The maximum Gasteiger partial charge on any atom is 0.246 e. The van der Waals surface area contributed by atoms with Crippen molar-refractivity contribution in [3.05, 3.63) is 53.8 Å². The fourth-order valence-electron chi connectivity index (χ4n) is 2.82. The lowest BCUT2D eigenvalue weighted by molar-refractivity contribution is -0.134. The molecule has 2 heterocycles. The minimum atomic E-state index is -0.222. The molecule has 1 aromatic heterocycles. The smallest absolute Gasteiger partial charge is 0.246 e. The third kappa shape index (κ3) is 3.81. The van der Waals surface area contributed by atoms with Gasteiger partial charge < -0.3 is 14.4 Å². The number of carbonyl (C=O) groups is 1. The molecule has 0 unspecified atom stereocenters. The molecule has 2 aromatic rings. The normalized spacial score (nSPS) is 17.2. The number of morpholine rings is 1. The zero-order chi connectivity index (χ0) is 17.8. The summed E-state index contributed by atoms with van der Waals surface area (Å²) < 4.78 is 10.7. The molecular formula is C18H18ClN3O3. The lowest BCUT2D eigenvalue weighted by atomic mass is 10.0. The highest BCUT2D eigenvalue weighted by Gasteiger charge is 2.28. The van der Waals surface area contributed by atoms with Crippen LogP contribution in [0.5, 0.6) is 5.88 Å². The Kier molecular flexibility index (Phi) is 5.31. The molecule has 0 bridgehead atoms. The van der Waals surface area contributed by atoms with Gasteiger partial charge in [0, 0.05) is 23.2 Å². The Balaban J connectivity index is 2.00. The van der Waals surface area contributed by atoms with Crippen LogP contribution in [0.2, 0.25) is 5.02 Å². The summed E-state index contributed by atoms with van der Waals surface area (Å²) in [5.41, 5.74) is 2.39. The number of carbonyl (C=O) groups excluding carboxylic acids is 1. The monoisotopic (exact) mass is 359 g/mol. The van der Waals surface area contributed by atoms with E-state index in [9.17, 15) is 4.79 Å². The molecule has 1 fully saturated rings. The van der Waals surface area contributed by atoms with E-state index in [0.717, 1.165) is 11.1 Å². The van der Waals surface area contributed by atoms with Crippen molar-refractivity contribution in [2.75, 3.05) is 26.9 Å². The number of rotatable bonds is 4. The van der Waals surface area contributed by atoms with Gasteiger partial charge in [0.05, 0.1) is 32.1 Å².